The molecule has 0 fully saturated rings. The summed E-state index contributed by atoms with van der Waals surface area (Å²) in [4.78, 5) is 15.0. The normalized spacial score (nSPS) is 10.3. The summed E-state index contributed by atoms with van der Waals surface area (Å²) in [6.45, 7) is 2.97. The summed E-state index contributed by atoms with van der Waals surface area (Å²) in [6, 6.07) is 4.05. The molecule has 20 heavy (non-hydrogen) atoms. The van der Waals surface area contributed by atoms with Crippen molar-refractivity contribution in [1.29, 1.82) is 0 Å². The van der Waals surface area contributed by atoms with Crippen molar-refractivity contribution >= 4 is 11.6 Å². The Hall–Kier alpha value is -2.17. The van der Waals surface area contributed by atoms with Gasteiger partial charge in [-0.2, -0.15) is 0 Å². The number of nitrogens with zero attached hydrogens (tertiary/aromatic N) is 4. The van der Waals surface area contributed by atoms with Gasteiger partial charge in [-0.25, -0.2) is 9.97 Å². The number of pyridine rings is 1. The number of anilines is 2. The molecule has 0 saturated carbocycles. The van der Waals surface area contributed by atoms with E-state index in [9.17, 15) is 0 Å². The van der Waals surface area contributed by atoms with Crippen molar-refractivity contribution in [2.24, 2.45) is 0 Å². The zero-order chi connectivity index (χ0) is 14.4. The molecule has 0 unspecified atom stereocenters. The maximum atomic E-state index is 4.46. The average molecular weight is 271 g/mol. The van der Waals surface area contributed by atoms with E-state index in [-0.39, 0.29) is 0 Å². The molecule has 0 bridgehead atoms. The Balaban J connectivity index is 2.26. The molecule has 0 aliphatic heterocycles. The van der Waals surface area contributed by atoms with Crippen molar-refractivity contribution in [2.45, 2.75) is 26.3 Å². The van der Waals surface area contributed by atoms with Crippen LogP contribution in [0.5, 0.6) is 0 Å². The first-order valence-electron chi connectivity index (χ1n) is 6.88. The van der Waals surface area contributed by atoms with Crippen LogP contribution in [0.1, 0.15) is 24.5 Å². The second kappa shape index (κ2) is 6.84. The first kappa shape index (κ1) is 14.2. The van der Waals surface area contributed by atoms with Crippen LogP contribution in [0.3, 0.4) is 0 Å². The van der Waals surface area contributed by atoms with Crippen LogP contribution in [-0.2, 0) is 13.0 Å². The van der Waals surface area contributed by atoms with Gasteiger partial charge in [0, 0.05) is 38.6 Å². The van der Waals surface area contributed by atoms with E-state index >= 15 is 0 Å². The molecule has 2 aromatic rings. The van der Waals surface area contributed by atoms with E-state index in [1.807, 2.05) is 31.6 Å². The molecule has 106 valence electrons. The van der Waals surface area contributed by atoms with E-state index in [2.05, 4.69) is 39.1 Å². The van der Waals surface area contributed by atoms with E-state index in [0.717, 1.165) is 31.0 Å². The molecule has 5 nitrogen and oxygen atoms in total. The van der Waals surface area contributed by atoms with Gasteiger partial charge in [-0.05, 0) is 24.1 Å². The molecule has 2 aromatic heterocycles. The lowest BCUT2D eigenvalue weighted by Crippen LogP contribution is -2.20. The predicted octanol–water partition coefficient (Wildman–Crippen LogP) is 2.50. The van der Waals surface area contributed by atoms with Crippen molar-refractivity contribution in [2.75, 3.05) is 24.3 Å². The third-order valence-corrected chi connectivity index (χ3v) is 3.19. The first-order chi connectivity index (χ1) is 9.76. The van der Waals surface area contributed by atoms with Crippen LogP contribution < -0.4 is 10.2 Å². The van der Waals surface area contributed by atoms with Crippen molar-refractivity contribution in [3.63, 3.8) is 0 Å². The van der Waals surface area contributed by atoms with Gasteiger partial charge in [0.25, 0.3) is 0 Å². The van der Waals surface area contributed by atoms with E-state index in [0.29, 0.717) is 0 Å². The zero-order valence-electron chi connectivity index (χ0n) is 12.3. The van der Waals surface area contributed by atoms with Gasteiger partial charge >= 0.3 is 0 Å². The Bertz CT molecular complexity index is 541. The minimum atomic E-state index is 0.805. The molecular formula is C15H21N5. The molecule has 1 N–H and O–H groups in total. The summed E-state index contributed by atoms with van der Waals surface area (Å²) >= 11 is 0. The standard InChI is InChI=1S/C15H21N5/c1-4-5-13-14(16-2)18-11-19-15(13)20(3)10-12-6-8-17-9-7-12/h6-9,11H,4-5,10H2,1-3H3,(H,16,18,19). The lowest BCUT2D eigenvalue weighted by atomic mass is 10.1. The Labute approximate surface area is 120 Å². The predicted molar refractivity (Wildman–Crippen MR) is 81.9 cm³/mol. The minimum Gasteiger partial charge on any atom is -0.373 e. The second-order valence-electron chi connectivity index (χ2n) is 4.74. The Kier molecular flexibility index (Phi) is 4.87. The fourth-order valence-electron chi connectivity index (χ4n) is 2.26. The molecule has 0 aliphatic carbocycles. The van der Waals surface area contributed by atoms with Crippen LogP contribution in [0.25, 0.3) is 0 Å². The van der Waals surface area contributed by atoms with Crippen molar-refractivity contribution in [1.82, 2.24) is 15.0 Å². The van der Waals surface area contributed by atoms with Gasteiger partial charge in [-0.1, -0.05) is 13.3 Å². The van der Waals surface area contributed by atoms with E-state index in [1.165, 1.54) is 11.1 Å². The van der Waals surface area contributed by atoms with Crippen molar-refractivity contribution in [3.05, 3.63) is 42.0 Å². The van der Waals surface area contributed by atoms with E-state index < -0.39 is 0 Å². The van der Waals surface area contributed by atoms with Gasteiger partial charge in [0.2, 0.25) is 0 Å². The molecule has 0 spiro atoms. The first-order valence-corrected chi connectivity index (χ1v) is 6.88. The van der Waals surface area contributed by atoms with Gasteiger partial charge in [0.15, 0.2) is 0 Å². The fourth-order valence-corrected chi connectivity index (χ4v) is 2.26. The summed E-state index contributed by atoms with van der Waals surface area (Å²) in [5, 5.41) is 3.15. The summed E-state index contributed by atoms with van der Waals surface area (Å²) in [6.07, 6.45) is 7.28. The highest BCUT2D eigenvalue weighted by molar-refractivity contribution is 5.58. The van der Waals surface area contributed by atoms with Gasteiger partial charge in [-0.3, -0.25) is 4.98 Å². The number of hydrogen-bond acceptors (Lipinski definition) is 5. The zero-order valence-corrected chi connectivity index (χ0v) is 12.3. The average Bonchev–Trinajstić information content (AvgIpc) is 2.48. The molecule has 0 saturated heterocycles. The van der Waals surface area contributed by atoms with Crippen molar-refractivity contribution < 1.29 is 0 Å². The Morgan fingerprint density at radius 1 is 1.20 bits per heavy atom. The molecule has 5 heteroatoms. The highest BCUT2D eigenvalue weighted by Crippen LogP contribution is 2.24. The Morgan fingerprint density at radius 3 is 2.60 bits per heavy atom. The Morgan fingerprint density at radius 2 is 1.95 bits per heavy atom. The molecule has 0 atom stereocenters. The number of hydrogen-bond donors (Lipinski definition) is 1. The monoisotopic (exact) mass is 271 g/mol. The van der Waals surface area contributed by atoms with Gasteiger partial charge in [-0.15, -0.1) is 0 Å². The summed E-state index contributed by atoms with van der Waals surface area (Å²) in [7, 11) is 3.95. The fraction of sp³-hybridized carbons (Fsp3) is 0.400. The molecule has 2 rings (SSSR count). The molecule has 0 aromatic carbocycles. The quantitative estimate of drug-likeness (QED) is 0.875. The molecular weight excluding hydrogens is 250 g/mol. The third kappa shape index (κ3) is 3.23. The molecule has 0 radical (unpaired) electrons. The number of nitrogens with one attached hydrogen (secondary N) is 1. The van der Waals surface area contributed by atoms with Crippen LogP contribution in [-0.4, -0.2) is 29.0 Å². The largest absolute Gasteiger partial charge is 0.373 e. The molecule has 0 amide bonds. The highest BCUT2D eigenvalue weighted by atomic mass is 15.2. The van der Waals surface area contributed by atoms with E-state index in [1.54, 1.807) is 6.33 Å². The lowest BCUT2D eigenvalue weighted by Gasteiger charge is -2.22. The van der Waals surface area contributed by atoms with Crippen LogP contribution in [0, 0.1) is 0 Å². The van der Waals surface area contributed by atoms with Crippen LogP contribution in [0.15, 0.2) is 30.9 Å². The molecule has 2 heterocycles. The van der Waals surface area contributed by atoms with Crippen LogP contribution >= 0.6 is 0 Å². The second-order valence-corrected chi connectivity index (χ2v) is 4.74. The number of aromatic nitrogens is 3. The van der Waals surface area contributed by atoms with Gasteiger partial charge in [0.05, 0.1) is 0 Å². The maximum Gasteiger partial charge on any atom is 0.137 e. The minimum absolute atomic E-state index is 0.805. The summed E-state index contributed by atoms with van der Waals surface area (Å²) < 4.78 is 0. The smallest absolute Gasteiger partial charge is 0.137 e. The molecule has 0 aliphatic rings. The van der Waals surface area contributed by atoms with Gasteiger partial charge < -0.3 is 10.2 Å². The van der Waals surface area contributed by atoms with Crippen LogP contribution in [0.2, 0.25) is 0 Å². The van der Waals surface area contributed by atoms with E-state index in [4.69, 9.17) is 0 Å². The number of rotatable bonds is 6. The summed E-state index contributed by atoms with van der Waals surface area (Å²) in [5.41, 5.74) is 2.39. The maximum absolute atomic E-state index is 4.46. The summed E-state index contributed by atoms with van der Waals surface area (Å²) in [5.74, 6) is 1.90. The highest BCUT2D eigenvalue weighted by Gasteiger charge is 2.13. The van der Waals surface area contributed by atoms with Crippen molar-refractivity contribution in [3.8, 4) is 0 Å². The lowest BCUT2D eigenvalue weighted by molar-refractivity contribution is 0.843. The topological polar surface area (TPSA) is 53.9 Å². The third-order valence-electron chi connectivity index (χ3n) is 3.19. The van der Waals surface area contributed by atoms with Gasteiger partial charge in [0.1, 0.15) is 18.0 Å². The SMILES string of the molecule is CCCc1c(NC)ncnc1N(C)Cc1ccncc1. The van der Waals surface area contributed by atoms with Crippen LogP contribution in [0.4, 0.5) is 11.6 Å².